The Bertz CT molecular complexity index is 889. The van der Waals surface area contributed by atoms with Crippen molar-refractivity contribution in [1.29, 1.82) is 0 Å². The number of nitrogens with one attached hydrogen (secondary N) is 2. The molecule has 0 aliphatic carbocycles. The summed E-state index contributed by atoms with van der Waals surface area (Å²) in [6.07, 6.45) is 3.49. The quantitative estimate of drug-likeness (QED) is 0.814. The summed E-state index contributed by atoms with van der Waals surface area (Å²) in [6, 6.07) is 5.49. The van der Waals surface area contributed by atoms with Gasteiger partial charge in [0.05, 0.1) is 6.04 Å². The Hall–Kier alpha value is -1.95. The third kappa shape index (κ3) is 2.62. The number of carbonyl (C=O) groups is 2. The van der Waals surface area contributed by atoms with Crippen LogP contribution in [0.15, 0.2) is 23.1 Å². The van der Waals surface area contributed by atoms with Crippen molar-refractivity contribution in [2.75, 3.05) is 6.26 Å². The molecule has 6 heteroatoms. The summed E-state index contributed by atoms with van der Waals surface area (Å²) in [5.74, 6) is 0.411. The van der Waals surface area contributed by atoms with Crippen molar-refractivity contribution in [3.63, 3.8) is 0 Å². The van der Waals surface area contributed by atoms with E-state index < -0.39 is 12.1 Å². The first kappa shape index (κ1) is 17.5. The number of piperazine rings is 1. The number of thioether (sulfide) groups is 1. The molecule has 3 atom stereocenters. The Kier molecular flexibility index (Phi) is 4.26. The van der Waals surface area contributed by atoms with Gasteiger partial charge >= 0.3 is 0 Å². The van der Waals surface area contributed by atoms with Crippen molar-refractivity contribution in [3.8, 4) is 0 Å². The molecule has 1 saturated heterocycles. The Balaban J connectivity index is 1.89. The number of hydrogen-bond acceptors (Lipinski definition) is 3. The van der Waals surface area contributed by atoms with Crippen LogP contribution in [0.3, 0.4) is 0 Å². The Morgan fingerprint density at radius 1 is 1.31 bits per heavy atom. The SMILES string of the molecule is CSc1ccc2c3c([nH]c2c1)[C@H](CC(C)C)N1C(=O)[C@H](C)NC(=O)[C@@H]1C3. The topological polar surface area (TPSA) is 65.2 Å². The smallest absolute Gasteiger partial charge is 0.246 e. The van der Waals surface area contributed by atoms with E-state index >= 15 is 0 Å². The lowest BCUT2D eigenvalue weighted by Gasteiger charge is -2.46. The van der Waals surface area contributed by atoms with E-state index in [4.69, 9.17) is 0 Å². The molecule has 0 bridgehead atoms. The lowest BCUT2D eigenvalue weighted by Crippen LogP contribution is -2.65. The normalized spacial score (nSPS) is 25.4. The molecule has 1 aromatic heterocycles. The molecule has 0 spiro atoms. The predicted octanol–water partition coefficient (Wildman–Crippen LogP) is 3.25. The van der Waals surface area contributed by atoms with Crippen LogP contribution in [0.4, 0.5) is 0 Å². The van der Waals surface area contributed by atoms with Gasteiger partial charge in [0.2, 0.25) is 11.8 Å². The minimum Gasteiger partial charge on any atom is -0.356 e. The standard InChI is InChI=1S/C20H25N3O2S/c1-10(2)7-16-18-14(13-6-5-12(26-4)8-15(13)22-18)9-17-19(24)21-11(3)20(25)23(16)17/h5-6,8,10-11,16-17,22H,7,9H2,1-4H3,(H,21,24)/t11-,16-,17-/m0/s1. The predicted molar refractivity (Wildman–Crippen MR) is 104 cm³/mol. The van der Waals surface area contributed by atoms with Gasteiger partial charge in [-0.15, -0.1) is 11.8 Å². The highest BCUT2D eigenvalue weighted by Crippen LogP contribution is 2.42. The molecular formula is C20H25N3O2S. The van der Waals surface area contributed by atoms with Crippen molar-refractivity contribution < 1.29 is 9.59 Å². The van der Waals surface area contributed by atoms with E-state index in [0.29, 0.717) is 12.3 Å². The molecular weight excluding hydrogens is 346 g/mol. The Morgan fingerprint density at radius 2 is 2.08 bits per heavy atom. The van der Waals surface area contributed by atoms with Crippen molar-refractivity contribution in [3.05, 3.63) is 29.5 Å². The molecule has 138 valence electrons. The van der Waals surface area contributed by atoms with E-state index in [1.165, 1.54) is 15.8 Å². The number of aromatic nitrogens is 1. The molecule has 0 saturated carbocycles. The molecule has 0 radical (unpaired) electrons. The van der Waals surface area contributed by atoms with Crippen LogP contribution in [0, 0.1) is 5.92 Å². The number of rotatable bonds is 3. The lowest BCUT2D eigenvalue weighted by atomic mass is 9.85. The molecule has 0 unspecified atom stereocenters. The first-order valence-electron chi connectivity index (χ1n) is 9.21. The molecule has 1 aromatic carbocycles. The fourth-order valence-corrected chi connectivity index (χ4v) is 4.77. The van der Waals surface area contributed by atoms with Crippen molar-refractivity contribution >= 4 is 34.5 Å². The van der Waals surface area contributed by atoms with E-state index in [0.717, 1.165) is 17.6 Å². The molecule has 3 heterocycles. The van der Waals surface area contributed by atoms with Gasteiger partial charge in [-0.25, -0.2) is 0 Å². The highest BCUT2D eigenvalue weighted by molar-refractivity contribution is 7.98. The summed E-state index contributed by atoms with van der Waals surface area (Å²) in [5, 5.41) is 4.02. The molecule has 2 aliphatic heterocycles. The summed E-state index contributed by atoms with van der Waals surface area (Å²) >= 11 is 1.71. The van der Waals surface area contributed by atoms with Gasteiger partial charge in [-0.3, -0.25) is 9.59 Å². The average molecular weight is 372 g/mol. The summed E-state index contributed by atoms with van der Waals surface area (Å²) < 4.78 is 0. The van der Waals surface area contributed by atoms with Crippen LogP contribution >= 0.6 is 11.8 Å². The maximum Gasteiger partial charge on any atom is 0.246 e. The maximum absolute atomic E-state index is 12.9. The van der Waals surface area contributed by atoms with Gasteiger partial charge in [0.1, 0.15) is 12.1 Å². The number of fused-ring (bicyclic) bond motifs is 4. The second kappa shape index (κ2) is 6.34. The van der Waals surface area contributed by atoms with Gasteiger partial charge in [-0.05, 0) is 43.2 Å². The molecule has 1 fully saturated rings. The fraction of sp³-hybridized carbons (Fsp3) is 0.500. The van der Waals surface area contributed by atoms with Crippen molar-refractivity contribution in [1.82, 2.24) is 15.2 Å². The van der Waals surface area contributed by atoms with Crippen molar-refractivity contribution in [2.24, 2.45) is 5.92 Å². The second-order valence-electron chi connectivity index (χ2n) is 7.77. The summed E-state index contributed by atoms with van der Waals surface area (Å²) in [7, 11) is 0. The maximum atomic E-state index is 12.9. The Morgan fingerprint density at radius 3 is 2.77 bits per heavy atom. The second-order valence-corrected chi connectivity index (χ2v) is 8.65. The van der Waals surface area contributed by atoms with Gasteiger partial charge in [0.15, 0.2) is 0 Å². The number of carbonyl (C=O) groups excluding carboxylic acids is 2. The molecule has 2 N–H and O–H groups in total. The summed E-state index contributed by atoms with van der Waals surface area (Å²) in [4.78, 5) is 32.2. The third-order valence-corrected chi connectivity index (χ3v) is 6.25. The molecule has 2 aromatic rings. The van der Waals surface area contributed by atoms with Crippen molar-refractivity contribution in [2.45, 2.75) is 56.6 Å². The summed E-state index contributed by atoms with van der Waals surface area (Å²) in [6.45, 7) is 6.10. The van der Waals surface area contributed by atoms with Crippen LogP contribution < -0.4 is 5.32 Å². The largest absolute Gasteiger partial charge is 0.356 e. The minimum absolute atomic E-state index is 0.0226. The number of hydrogen-bond donors (Lipinski definition) is 2. The zero-order valence-electron chi connectivity index (χ0n) is 15.6. The zero-order chi connectivity index (χ0) is 18.6. The number of amides is 2. The number of benzene rings is 1. The zero-order valence-corrected chi connectivity index (χ0v) is 16.4. The lowest BCUT2D eigenvalue weighted by molar-refractivity contribution is -0.153. The summed E-state index contributed by atoms with van der Waals surface area (Å²) in [5.41, 5.74) is 3.40. The van der Waals surface area contributed by atoms with Gasteiger partial charge in [0, 0.05) is 27.9 Å². The first-order valence-corrected chi connectivity index (χ1v) is 10.4. The minimum atomic E-state index is -0.456. The molecule has 2 amide bonds. The molecule has 5 nitrogen and oxygen atoms in total. The number of nitrogens with zero attached hydrogens (tertiary/aromatic N) is 1. The third-order valence-electron chi connectivity index (χ3n) is 5.53. The van der Waals surface area contributed by atoms with E-state index in [1.807, 2.05) is 4.90 Å². The van der Waals surface area contributed by atoms with Gasteiger partial charge in [0.25, 0.3) is 0 Å². The number of aromatic amines is 1. The van der Waals surface area contributed by atoms with Crippen LogP contribution in [-0.2, 0) is 16.0 Å². The highest BCUT2D eigenvalue weighted by Gasteiger charge is 2.47. The van der Waals surface area contributed by atoms with E-state index in [1.54, 1.807) is 18.7 Å². The Labute approximate surface area is 157 Å². The molecule has 26 heavy (non-hydrogen) atoms. The van der Waals surface area contributed by atoms with Crippen LogP contribution in [0.25, 0.3) is 10.9 Å². The van der Waals surface area contributed by atoms with E-state index in [9.17, 15) is 9.59 Å². The van der Waals surface area contributed by atoms with Crippen LogP contribution in [0.2, 0.25) is 0 Å². The molecule has 2 aliphatic rings. The monoisotopic (exact) mass is 371 g/mol. The van der Waals surface area contributed by atoms with Crippen LogP contribution in [-0.4, -0.2) is 40.0 Å². The van der Waals surface area contributed by atoms with Crippen LogP contribution in [0.5, 0.6) is 0 Å². The number of H-pyrrole nitrogens is 1. The van der Waals surface area contributed by atoms with Gasteiger partial charge in [-0.1, -0.05) is 19.9 Å². The van der Waals surface area contributed by atoms with E-state index in [-0.39, 0.29) is 17.9 Å². The van der Waals surface area contributed by atoms with Gasteiger partial charge < -0.3 is 15.2 Å². The molecule has 4 rings (SSSR count). The highest BCUT2D eigenvalue weighted by atomic mass is 32.2. The first-order chi connectivity index (χ1) is 12.4. The van der Waals surface area contributed by atoms with Crippen LogP contribution in [0.1, 0.15) is 44.5 Å². The fourth-order valence-electron chi connectivity index (χ4n) is 4.33. The average Bonchev–Trinajstić information content (AvgIpc) is 2.96. The van der Waals surface area contributed by atoms with E-state index in [2.05, 4.69) is 48.6 Å². The van der Waals surface area contributed by atoms with Gasteiger partial charge in [-0.2, -0.15) is 0 Å².